The molecule has 0 aromatic heterocycles. The molecule has 0 aliphatic carbocycles. The average Bonchev–Trinajstić information content (AvgIpc) is 2.31. The fraction of sp³-hybridized carbons (Fsp3) is 0.933. The van der Waals surface area contributed by atoms with Crippen molar-refractivity contribution in [2.75, 3.05) is 13.1 Å². The van der Waals surface area contributed by atoms with E-state index in [0.29, 0.717) is 0 Å². The van der Waals surface area contributed by atoms with Crippen LogP contribution < -0.4 is 0 Å². The maximum atomic E-state index is 11.1. The molecule has 0 bridgehead atoms. The number of likely N-dealkylation sites (tertiary alicyclic amines) is 1. The van der Waals surface area contributed by atoms with Crippen LogP contribution in [0.5, 0.6) is 0 Å². The first-order chi connectivity index (χ1) is 8.47. The van der Waals surface area contributed by atoms with Crippen LogP contribution in [0.4, 0.5) is 0 Å². The number of carboxylic acids is 1. The number of carbonyl (C=O) groups is 1. The summed E-state index contributed by atoms with van der Waals surface area (Å²) in [5, 5.41) is 9.10. The first-order valence-electron chi connectivity index (χ1n) is 7.45. The van der Waals surface area contributed by atoms with Crippen LogP contribution in [0.1, 0.15) is 65.7 Å². The zero-order chi connectivity index (χ0) is 13.6. The summed E-state index contributed by atoms with van der Waals surface area (Å²) in [6.45, 7) is 8.18. The fourth-order valence-electron chi connectivity index (χ4n) is 2.85. The Morgan fingerprint density at radius 2 is 2.11 bits per heavy atom. The summed E-state index contributed by atoms with van der Waals surface area (Å²) in [7, 11) is 0. The van der Waals surface area contributed by atoms with Gasteiger partial charge in [0.2, 0.25) is 0 Å². The molecule has 3 nitrogen and oxygen atoms in total. The van der Waals surface area contributed by atoms with Crippen LogP contribution in [0.25, 0.3) is 0 Å². The van der Waals surface area contributed by atoms with E-state index >= 15 is 0 Å². The number of carboxylic acid groups (broad SMARTS) is 1. The molecule has 18 heavy (non-hydrogen) atoms. The molecule has 1 N–H and O–H groups in total. The van der Waals surface area contributed by atoms with Crippen molar-refractivity contribution >= 4 is 5.97 Å². The highest BCUT2D eigenvalue weighted by molar-refractivity contribution is 5.73. The topological polar surface area (TPSA) is 40.5 Å². The molecule has 1 rings (SSSR count). The van der Waals surface area contributed by atoms with Gasteiger partial charge in [0.05, 0.1) is 5.41 Å². The van der Waals surface area contributed by atoms with Crippen LogP contribution in [0.2, 0.25) is 0 Å². The minimum atomic E-state index is -0.675. The van der Waals surface area contributed by atoms with E-state index in [1.54, 1.807) is 0 Å². The van der Waals surface area contributed by atoms with E-state index in [1.165, 1.54) is 38.6 Å². The Morgan fingerprint density at radius 3 is 2.72 bits per heavy atom. The maximum absolute atomic E-state index is 11.1. The molecule has 1 saturated heterocycles. The van der Waals surface area contributed by atoms with E-state index in [-0.39, 0.29) is 0 Å². The molecule has 106 valence electrons. The second-order valence-electron chi connectivity index (χ2n) is 6.27. The third-order valence-electron chi connectivity index (χ3n) is 4.20. The van der Waals surface area contributed by atoms with Gasteiger partial charge in [0.1, 0.15) is 0 Å². The Hall–Kier alpha value is -0.570. The molecule has 0 spiro atoms. The van der Waals surface area contributed by atoms with Crippen molar-refractivity contribution in [2.45, 2.75) is 71.8 Å². The molecule has 0 aromatic rings. The maximum Gasteiger partial charge on any atom is 0.309 e. The van der Waals surface area contributed by atoms with Gasteiger partial charge in [-0.15, -0.1) is 0 Å². The summed E-state index contributed by atoms with van der Waals surface area (Å²) in [6, 6.07) is 0.747. The Balaban J connectivity index is 2.34. The van der Waals surface area contributed by atoms with E-state index in [0.717, 1.165) is 25.4 Å². The Morgan fingerprint density at radius 1 is 1.39 bits per heavy atom. The van der Waals surface area contributed by atoms with Crippen molar-refractivity contribution in [3.8, 4) is 0 Å². The fourth-order valence-corrected chi connectivity index (χ4v) is 2.85. The zero-order valence-corrected chi connectivity index (χ0v) is 12.2. The van der Waals surface area contributed by atoms with E-state index in [2.05, 4.69) is 11.8 Å². The molecule has 0 amide bonds. The molecule has 0 aromatic carbocycles. The minimum absolute atomic E-state index is 0.573. The second-order valence-corrected chi connectivity index (χ2v) is 6.27. The average molecular weight is 255 g/mol. The SMILES string of the molecule is CCCC1CCCCN1CCCC(C)(C)C(=O)O. The van der Waals surface area contributed by atoms with Gasteiger partial charge in [-0.25, -0.2) is 0 Å². The molecule has 0 saturated carbocycles. The number of nitrogens with zero attached hydrogens (tertiary/aromatic N) is 1. The lowest BCUT2D eigenvalue weighted by Gasteiger charge is -2.36. The summed E-state index contributed by atoms with van der Waals surface area (Å²) < 4.78 is 0. The van der Waals surface area contributed by atoms with Gasteiger partial charge in [0, 0.05) is 6.04 Å². The number of piperidine rings is 1. The molecule has 1 fully saturated rings. The van der Waals surface area contributed by atoms with Crippen LogP contribution in [-0.2, 0) is 4.79 Å². The first kappa shape index (κ1) is 15.5. The normalized spacial score (nSPS) is 22.1. The standard InChI is InChI=1S/C15H29NO2/c1-4-8-13-9-5-6-11-16(13)12-7-10-15(2,3)14(17)18/h13H,4-12H2,1-3H3,(H,17,18). The van der Waals surface area contributed by atoms with E-state index < -0.39 is 11.4 Å². The number of hydrogen-bond donors (Lipinski definition) is 1. The monoisotopic (exact) mass is 255 g/mol. The van der Waals surface area contributed by atoms with Crippen LogP contribution in [0, 0.1) is 5.41 Å². The van der Waals surface area contributed by atoms with E-state index in [1.807, 2.05) is 13.8 Å². The minimum Gasteiger partial charge on any atom is -0.481 e. The predicted molar refractivity (Wildman–Crippen MR) is 74.8 cm³/mol. The summed E-state index contributed by atoms with van der Waals surface area (Å²) >= 11 is 0. The summed E-state index contributed by atoms with van der Waals surface area (Å²) in [5.74, 6) is -0.675. The largest absolute Gasteiger partial charge is 0.481 e. The van der Waals surface area contributed by atoms with Gasteiger partial charge < -0.3 is 10.0 Å². The Labute approximate surface area is 112 Å². The van der Waals surface area contributed by atoms with Crippen molar-refractivity contribution in [1.29, 1.82) is 0 Å². The van der Waals surface area contributed by atoms with Gasteiger partial charge in [-0.2, -0.15) is 0 Å². The zero-order valence-electron chi connectivity index (χ0n) is 12.2. The lowest BCUT2D eigenvalue weighted by atomic mass is 9.87. The van der Waals surface area contributed by atoms with E-state index in [9.17, 15) is 4.79 Å². The Bertz CT molecular complexity index is 261. The molecule has 1 heterocycles. The smallest absolute Gasteiger partial charge is 0.309 e. The number of rotatable bonds is 7. The molecule has 3 heteroatoms. The number of aliphatic carboxylic acids is 1. The molecule has 1 atom stereocenters. The van der Waals surface area contributed by atoms with Crippen LogP contribution in [0.3, 0.4) is 0 Å². The highest BCUT2D eigenvalue weighted by Gasteiger charge is 2.27. The van der Waals surface area contributed by atoms with Gasteiger partial charge in [0.25, 0.3) is 0 Å². The third-order valence-corrected chi connectivity index (χ3v) is 4.20. The molecule has 1 aliphatic rings. The molecule has 1 unspecified atom stereocenters. The van der Waals surface area contributed by atoms with Crippen molar-refractivity contribution in [3.63, 3.8) is 0 Å². The summed E-state index contributed by atoms with van der Waals surface area (Å²) in [4.78, 5) is 13.6. The number of hydrogen-bond acceptors (Lipinski definition) is 2. The highest BCUT2D eigenvalue weighted by Crippen LogP contribution is 2.25. The first-order valence-corrected chi connectivity index (χ1v) is 7.45. The van der Waals surface area contributed by atoms with E-state index in [4.69, 9.17) is 5.11 Å². The third kappa shape index (κ3) is 4.60. The molecule has 0 radical (unpaired) electrons. The van der Waals surface area contributed by atoms with Crippen molar-refractivity contribution < 1.29 is 9.90 Å². The predicted octanol–water partition coefficient (Wildman–Crippen LogP) is 3.53. The quantitative estimate of drug-likeness (QED) is 0.756. The highest BCUT2D eigenvalue weighted by atomic mass is 16.4. The van der Waals surface area contributed by atoms with Crippen LogP contribution in [0.15, 0.2) is 0 Å². The van der Waals surface area contributed by atoms with Crippen molar-refractivity contribution in [1.82, 2.24) is 4.90 Å². The van der Waals surface area contributed by atoms with Crippen LogP contribution in [-0.4, -0.2) is 35.1 Å². The van der Waals surface area contributed by atoms with Crippen LogP contribution >= 0.6 is 0 Å². The van der Waals surface area contributed by atoms with Gasteiger partial charge >= 0.3 is 5.97 Å². The van der Waals surface area contributed by atoms with Gasteiger partial charge in [0.15, 0.2) is 0 Å². The van der Waals surface area contributed by atoms with Crippen molar-refractivity contribution in [3.05, 3.63) is 0 Å². The summed E-state index contributed by atoms with van der Waals surface area (Å²) in [6.07, 6.45) is 8.32. The second kappa shape index (κ2) is 7.13. The van der Waals surface area contributed by atoms with Gasteiger partial charge in [-0.3, -0.25) is 4.79 Å². The summed E-state index contributed by atoms with van der Waals surface area (Å²) in [5.41, 5.74) is -0.573. The lowest BCUT2D eigenvalue weighted by molar-refractivity contribution is -0.147. The van der Waals surface area contributed by atoms with Gasteiger partial charge in [-0.1, -0.05) is 19.8 Å². The lowest BCUT2D eigenvalue weighted by Crippen LogP contribution is -2.40. The van der Waals surface area contributed by atoms with Gasteiger partial charge in [-0.05, 0) is 59.0 Å². The Kier molecular flexibility index (Phi) is 6.13. The van der Waals surface area contributed by atoms with Crippen molar-refractivity contribution in [2.24, 2.45) is 5.41 Å². The molecular formula is C15H29NO2. The molecular weight excluding hydrogens is 226 g/mol. The molecule has 1 aliphatic heterocycles.